The van der Waals surface area contributed by atoms with Crippen molar-refractivity contribution in [2.45, 2.75) is 75.3 Å². The lowest BCUT2D eigenvalue weighted by molar-refractivity contribution is -0.123. The van der Waals surface area contributed by atoms with E-state index in [9.17, 15) is 4.79 Å². The normalized spacial score (nSPS) is 33.1. The highest BCUT2D eigenvalue weighted by Gasteiger charge is 2.21. The molecule has 18 heavy (non-hydrogen) atoms. The third kappa shape index (κ3) is 4.77. The van der Waals surface area contributed by atoms with Gasteiger partial charge in [-0.2, -0.15) is 0 Å². The van der Waals surface area contributed by atoms with Gasteiger partial charge in [-0.15, -0.1) is 11.6 Å². The zero-order chi connectivity index (χ0) is 12.8. The molecule has 1 aliphatic carbocycles. The van der Waals surface area contributed by atoms with Gasteiger partial charge in [0.1, 0.15) is 0 Å². The van der Waals surface area contributed by atoms with Crippen LogP contribution in [0.2, 0.25) is 0 Å². The van der Waals surface area contributed by atoms with Crippen LogP contribution in [-0.4, -0.2) is 30.0 Å². The van der Waals surface area contributed by atoms with E-state index in [0.717, 1.165) is 45.1 Å². The van der Waals surface area contributed by atoms with Gasteiger partial charge in [-0.05, 0) is 51.4 Å². The van der Waals surface area contributed by atoms with Crippen LogP contribution in [0.4, 0.5) is 0 Å². The maximum atomic E-state index is 11.8. The van der Waals surface area contributed by atoms with Crippen molar-refractivity contribution < 1.29 is 9.53 Å². The number of carbonyl (C=O) groups is 1. The van der Waals surface area contributed by atoms with Crippen LogP contribution in [0.5, 0.6) is 0 Å². The van der Waals surface area contributed by atoms with Gasteiger partial charge < -0.3 is 10.1 Å². The van der Waals surface area contributed by atoms with Crippen LogP contribution in [-0.2, 0) is 9.53 Å². The average Bonchev–Trinajstić information content (AvgIpc) is 2.40. The Labute approximate surface area is 115 Å². The molecule has 0 radical (unpaired) electrons. The molecule has 0 aromatic heterocycles. The molecule has 1 atom stereocenters. The first-order chi connectivity index (χ1) is 8.74. The number of hydrogen-bond donors (Lipinski definition) is 1. The van der Waals surface area contributed by atoms with Crippen molar-refractivity contribution in [1.82, 2.24) is 5.32 Å². The minimum Gasteiger partial charge on any atom is -0.378 e. The summed E-state index contributed by atoms with van der Waals surface area (Å²) >= 11 is 6.05. The molecule has 104 valence electrons. The molecule has 0 spiro atoms. The molecule has 1 saturated heterocycles. The fourth-order valence-corrected chi connectivity index (χ4v) is 3.08. The largest absolute Gasteiger partial charge is 0.378 e. The molecule has 1 amide bonds. The van der Waals surface area contributed by atoms with Crippen molar-refractivity contribution >= 4 is 17.5 Å². The first kappa shape index (κ1) is 14.1. The van der Waals surface area contributed by atoms with Crippen molar-refractivity contribution in [2.75, 3.05) is 6.61 Å². The Balaban J connectivity index is 1.59. The maximum Gasteiger partial charge on any atom is 0.220 e. The van der Waals surface area contributed by atoms with E-state index in [1.165, 1.54) is 12.8 Å². The van der Waals surface area contributed by atoms with Crippen molar-refractivity contribution in [2.24, 2.45) is 0 Å². The minimum absolute atomic E-state index is 0.183. The highest BCUT2D eigenvalue weighted by Crippen LogP contribution is 2.23. The number of alkyl halides is 1. The first-order valence-corrected chi connectivity index (χ1v) is 7.72. The molecule has 2 fully saturated rings. The third-order valence-electron chi connectivity index (χ3n) is 3.99. The molecule has 1 saturated carbocycles. The SMILES string of the molecule is O=C(CCC1CCCCO1)NC1CCC(Cl)CC1. The smallest absolute Gasteiger partial charge is 0.220 e. The predicted octanol–water partition coefficient (Wildman–Crippen LogP) is 3.00. The Hall–Kier alpha value is -0.280. The molecule has 2 rings (SSSR count). The summed E-state index contributed by atoms with van der Waals surface area (Å²) in [4.78, 5) is 11.8. The van der Waals surface area contributed by atoms with Crippen molar-refractivity contribution in [3.05, 3.63) is 0 Å². The second kappa shape index (κ2) is 7.34. The van der Waals surface area contributed by atoms with Crippen molar-refractivity contribution in [3.8, 4) is 0 Å². The van der Waals surface area contributed by atoms with Gasteiger partial charge in [-0.1, -0.05) is 0 Å². The Kier molecular flexibility index (Phi) is 5.77. The van der Waals surface area contributed by atoms with Gasteiger partial charge in [0.15, 0.2) is 0 Å². The molecule has 0 bridgehead atoms. The van der Waals surface area contributed by atoms with Gasteiger partial charge >= 0.3 is 0 Å². The lowest BCUT2D eigenvalue weighted by atomic mass is 9.95. The molecular formula is C14H24ClNO2. The molecule has 1 N–H and O–H groups in total. The highest BCUT2D eigenvalue weighted by molar-refractivity contribution is 6.20. The van der Waals surface area contributed by atoms with Crippen LogP contribution in [0, 0.1) is 0 Å². The summed E-state index contributed by atoms with van der Waals surface area (Å²) in [5.41, 5.74) is 0. The van der Waals surface area contributed by atoms with E-state index in [1.54, 1.807) is 0 Å². The van der Waals surface area contributed by atoms with E-state index in [4.69, 9.17) is 16.3 Å². The fourth-order valence-electron chi connectivity index (χ4n) is 2.82. The van der Waals surface area contributed by atoms with Crippen LogP contribution in [0.3, 0.4) is 0 Å². The standard InChI is InChI=1S/C14H24ClNO2/c15-11-4-6-12(7-5-11)16-14(17)9-8-13-3-1-2-10-18-13/h11-13H,1-10H2,(H,16,17). The second-order valence-electron chi connectivity index (χ2n) is 5.54. The highest BCUT2D eigenvalue weighted by atomic mass is 35.5. The number of carbonyl (C=O) groups excluding carboxylic acids is 1. The number of rotatable bonds is 4. The van der Waals surface area contributed by atoms with E-state index in [-0.39, 0.29) is 5.91 Å². The summed E-state index contributed by atoms with van der Waals surface area (Å²) in [6.07, 6.45) is 9.42. The lowest BCUT2D eigenvalue weighted by Gasteiger charge is -2.26. The molecule has 1 unspecified atom stereocenters. The first-order valence-electron chi connectivity index (χ1n) is 7.29. The van der Waals surface area contributed by atoms with Crippen LogP contribution >= 0.6 is 11.6 Å². The maximum absolute atomic E-state index is 11.8. The monoisotopic (exact) mass is 273 g/mol. The molecule has 4 heteroatoms. The van der Waals surface area contributed by atoms with Crippen molar-refractivity contribution in [1.29, 1.82) is 0 Å². The van der Waals surface area contributed by atoms with Crippen LogP contribution in [0.25, 0.3) is 0 Å². The van der Waals surface area contributed by atoms with Crippen LogP contribution in [0.15, 0.2) is 0 Å². The number of ether oxygens (including phenoxy) is 1. The summed E-state index contributed by atoms with van der Waals surface area (Å²) < 4.78 is 5.63. The Bertz CT molecular complexity index is 259. The van der Waals surface area contributed by atoms with Crippen LogP contribution in [0.1, 0.15) is 57.8 Å². The van der Waals surface area contributed by atoms with Crippen molar-refractivity contribution in [3.63, 3.8) is 0 Å². The second-order valence-corrected chi connectivity index (χ2v) is 6.16. The average molecular weight is 274 g/mol. The zero-order valence-electron chi connectivity index (χ0n) is 11.0. The summed E-state index contributed by atoms with van der Waals surface area (Å²) in [6, 6.07) is 0.347. The fraction of sp³-hybridized carbons (Fsp3) is 0.929. The Morgan fingerprint density at radius 1 is 1.17 bits per heavy atom. The number of halogens is 1. The Morgan fingerprint density at radius 3 is 2.61 bits per heavy atom. The van der Waals surface area contributed by atoms with Gasteiger partial charge in [0, 0.05) is 24.4 Å². The summed E-state index contributed by atoms with van der Waals surface area (Å²) in [7, 11) is 0. The molecule has 3 nitrogen and oxygen atoms in total. The van der Waals surface area contributed by atoms with Gasteiger partial charge in [0.05, 0.1) is 6.10 Å². The van der Waals surface area contributed by atoms with E-state index in [1.807, 2.05) is 0 Å². The predicted molar refractivity (Wildman–Crippen MR) is 72.9 cm³/mol. The molecule has 1 aliphatic heterocycles. The summed E-state index contributed by atoms with van der Waals surface area (Å²) in [5, 5.41) is 3.44. The van der Waals surface area contributed by atoms with Gasteiger partial charge in [0.2, 0.25) is 5.91 Å². The van der Waals surface area contributed by atoms with E-state index in [0.29, 0.717) is 23.9 Å². The minimum atomic E-state index is 0.183. The molecular weight excluding hydrogens is 250 g/mol. The van der Waals surface area contributed by atoms with E-state index in [2.05, 4.69) is 5.32 Å². The topological polar surface area (TPSA) is 38.3 Å². The summed E-state index contributed by atoms with van der Waals surface area (Å²) in [6.45, 7) is 0.867. The molecule has 1 heterocycles. The van der Waals surface area contributed by atoms with Gasteiger partial charge in [-0.3, -0.25) is 4.79 Å². The van der Waals surface area contributed by atoms with E-state index >= 15 is 0 Å². The molecule has 0 aromatic carbocycles. The van der Waals surface area contributed by atoms with E-state index < -0.39 is 0 Å². The summed E-state index contributed by atoms with van der Waals surface area (Å²) in [5.74, 6) is 0.183. The Morgan fingerprint density at radius 2 is 1.94 bits per heavy atom. The van der Waals surface area contributed by atoms with Crippen LogP contribution < -0.4 is 5.32 Å². The lowest BCUT2D eigenvalue weighted by Crippen LogP contribution is -2.38. The zero-order valence-corrected chi connectivity index (χ0v) is 11.8. The van der Waals surface area contributed by atoms with Gasteiger partial charge in [-0.25, -0.2) is 0 Å². The number of nitrogens with one attached hydrogen (secondary N) is 1. The molecule has 0 aromatic rings. The third-order valence-corrected chi connectivity index (χ3v) is 4.43. The molecule has 2 aliphatic rings. The quantitative estimate of drug-likeness (QED) is 0.800. The number of hydrogen-bond acceptors (Lipinski definition) is 2. The number of amides is 1. The van der Waals surface area contributed by atoms with Gasteiger partial charge in [0.25, 0.3) is 0 Å².